The fraction of sp³-hybridized carbons (Fsp3) is 0.571. The highest BCUT2D eigenvalue weighted by atomic mass is 19.1. The lowest BCUT2D eigenvalue weighted by molar-refractivity contribution is 0.237. The van der Waals surface area contributed by atoms with Gasteiger partial charge in [0.15, 0.2) is 0 Å². The summed E-state index contributed by atoms with van der Waals surface area (Å²) < 4.78 is 13.3. The molecule has 1 saturated carbocycles. The third-order valence-corrected chi connectivity index (χ3v) is 4.02. The second-order valence-electron chi connectivity index (χ2n) is 5.37. The third-order valence-electron chi connectivity index (χ3n) is 4.02. The lowest BCUT2D eigenvalue weighted by atomic mass is 9.99. The van der Waals surface area contributed by atoms with Crippen LogP contribution in [0.1, 0.15) is 36.4 Å². The molecule has 0 bridgehead atoms. The summed E-state index contributed by atoms with van der Waals surface area (Å²) in [5.74, 6) is -0.127. The number of benzene rings is 1. The van der Waals surface area contributed by atoms with Crippen molar-refractivity contribution in [2.75, 3.05) is 6.54 Å². The fourth-order valence-electron chi connectivity index (χ4n) is 2.95. The third kappa shape index (κ3) is 1.98. The second kappa shape index (κ2) is 4.07. The molecular formula is C14H19FN2. The van der Waals surface area contributed by atoms with Crippen LogP contribution in [-0.4, -0.2) is 23.5 Å². The highest BCUT2D eigenvalue weighted by Gasteiger charge is 2.41. The molecule has 3 rings (SSSR count). The number of nitrogens with zero attached hydrogens (tertiary/aromatic N) is 1. The van der Waals surface area contributed by atoms with Crippen molar-refractivity contribution < 1.29 is 4.39 Å². The van der Waals surface area contributed by atoms with Crippen LogP contribution in [0, 0.1) is 12.7 Å². The summed E-state index contributed by atoms with van der Waals surface area (Å²) in [6.45, 7) is 2.91. The quantitative estimate of drug-likeness (QED) is 0.851. The van der Waals surface area contributed by atoms with Crippen molar-refractivity contribution in [3.05, 3.63) is 35.1 Å². The first-order valence-corrected chi connectivity index (χ1v) is 6.44. The van der Waals surface area contributed by atoms with Gasteiger partial charge in [-0.1, -0.05) is 12.1 Å². The maximum atomic E-state index is 13.3. The molecule has 92 valence electrons. The van der Waals surface area contributed by atoms with Crippen molar-refractivity contribution in [3.63, 3.8) is 0 Å². The molecule has 0 radical (unpaired) electrons. The number of likely N-dealkylation sites (tertiary alicyclic amines) is 1. The van der Waals surface area contributed by atoms with Crippen LogP contribution in [0.25, 0.3) is 0 Å². The van der Waals surface area contributed by atoms with Gasteiger partial charge in [-0.3, -0.25) is 4.90 Å². The fourth-order valence-corrected chi connectivity index (χ4v) is 2.95. The molecule has 2 nitrogen and oxygen atoms in total. The van der Waals surface area contributed by atoms with Crippen LogP contribution in [0.4, 0.5) is 4.39 Å². The van der Waals surface area contributed by atoms with Crippen LogP contribution in [0.2, 0.25) is 0 Å². The van der Waals surface area contributed by atoms with Gasteiger partial charge in [-0.05, 0) is 43.4 Å². The van der Waals surface area contributed by atoms with E-state index < -0.39 is 0 Å². The minimum Gasteiger partial charge on any atom is -0.326 e. The Kier molecular flexibility index (Phi) is 2.68. The van der Waals surface area contributed by atoms with Gasteiger partial charge in [0.25, 0.3) is 0 Å². The van der Waals surface area contributed by atoms with E-state index in [2.05, 4.69) is 4.90 Å². The monoisotopic (exact) mass is 234 g/mol. The molecule has 1 aliphatic heterocycles. The Morgan fingerprint density at radius 1 is 1.29 bits per heavy atom. The molecule has 0 amide bonds. The first-order valence-electron chi connectivity index (χ1n) is 6.44. The zero-order valence-corrected chi connectivity index (χ0v) is 10.2. The highest BCUT2D eigenvalue weighted by molar-refractivity contribution is 5.29. The van der Waals surface area contributed by atoms with Gasteiger partial charge >= 0.3 is 0 Å². The average molecular weight is 234 g/mol. The SMILES string of the molecule is Cc1cc(C2C(N)CCN2C2CC2)ccc1F. The standard InChI is InChI=1S/C14H19FN2/c1-9-8-10(2-5-12(9)15)14-13(16)6-7-17(14)11-3-4-11/h2,5,8,11,13-14H,3-4,6-7,16H2,1H3. The number of nitrogens with two attached hydrogens (primary N) is 1. The number of hydrogen-bond acceptors (Lipinski definition) is 2. The minimum atomic E-state index is -0.127. The van der Waals surface area contributed by atoms with E-state index in [9.17, 15) is 4.39 Å². The van der Waals surface area contributed by atoms with E-state index in [0.717, 1.165) is 24.6 Å². The summed E-state index contributed by atoms with van der Waals surface area (Å²) in [7, 11) is 0. The number of aryl methyl sites for hydroxylation is 1. The Balaban J connectivity index is 1.91. The van der Waals surface area contributed by atoms with Crippen molar-refractivity contribution >= 4 is 0 Å². The largest absolute Gasteiger partial charge is 0.326 e. The highest BCUT2D eigenvalue weighted by Crippen LogP contribution is 2.40. The van der Waals surface area contributed by atoms with Crippen molar-refractivity contribution in [1.29, 1.82) is 0 Å². The van der Waals surface area contributed by atoms with Gasteiger partial charge in [0.2, 0.25) is 0 Å². The molecule has 2 unspecified atom stereocenters. The molecule has 1 heterocycles. The topological polar surface area (TPSA) is 29.3 Å². The predicted octanol–water partition coefficient (Wildman–Crippen LogP) is 2.37. The predicted molar refractivity (Wildman–Crippen MR) is 66.2 cm³/mol. The normalized spacial score (nSPS) is 29.8. The first-order chi connectivity index (χ1) is 8.16. The number of hydrogen-bond donors (Lipinski definition) is 1. The molecule has 17 heavy (non-hydrogen) atoms. The summed E-state index contributed by atoms with van der Waals surface area (Å²) in [5.41, 5.74) is 8.12. The van der Waals surface area contributed by atoms with Gasteiger partial charge in [0.05, 0.1) is 6.04 Å². The summed E-state index contributed by atoms with van der Waals surface area (Å²) in [4.78, 5) is 2.51. The summed E-state index contributed by atoms with van der Waals surface area (Å²) in [6.07, 6.45) is 3.64. The molecule has 3 heteroatoms. The van der Waals surface area contributed by atoms with E-state index in [1.54, 1.807) is 6.07 Å². The number of rotatable bonds is 2. The van der Waals surface area contributed by atoms with Crippen molar-refractivity contribution in [2.24, 2.45) is 5.73 Å². The zero-order valence-electron chi connectivity index (χ0n) is 10.2. The van der Waals surface area contributed by atoms with E-state index in [-0.39, 0.29) is 11.9 Å². The molecule has 1 aromatic carbocycles. The molecule has 0 spiro atoms. The van der Waals surface area contributed by atoms with Crippen LogP contribution in [0.15, 0.2) is 18.2 Å². The maximum absolute atomic E-state index is 13.3. The van der Waals surface area contributed by atoms with Crippen LogP contribution in [-0.2, 0) is 0 Å². The van der Waals surface area contributed by atoms with E-state index in [1.165, 1.54) is 18.4 Å². The van der Waals surface area contributed by atoms with E-state index in [1.807, 2.05) is 19.1 Å². The van der Waals surface area contributed by atoms with Crippen LogP contribution in [0.5, 0.6) is 0 Å². The van der Waals surface area contributed by atoms with Gasteiger partial charge < -0.3 is 5.73 Å². The Hall–Kier alpha value is -0.930. The molecule has 2 fully saturated rings. The van der Waals surface area contributed by atoms with Crippen molar-refractivity contribution in [1.82, 2.24) is 4.90 Å². The van der Waals surface area contributed by atoms with Gasteiger partial charge in [-0.2, -0.15) is 0 Å². The Morgan fingerprint density at radius 2 is 2.06 bits per heavy atom. The van der Waals surface area contributed by atoms with Crippen LogP contribution in [0.3, 0.4) is 0 Å². The maximum Gasteiger partial charge on any atom is 0.126 e. The molecule has 1 saturated heterocycles. The van der Waals surface area contributed by atoms with Crippen LogP contribution < -0.4 is 5.73 Å². The molecule has 1 aromatic rings. The Bertz CT molecular complexity index is 428. The Morgan fingerprint density at radius 3 is 2.71 bits per heavy atom. The zero-order chi connectivity index (χ0) is 12.0. The molecular weight excluding hydrogens is 215 g/mol. The molecule has 2 atom stereocenters. The average Bonchev–Trinajstić information content (AvgIpc) is 3.07. The van der Waals surface area contributed by atoms with E-state index in [4.69, 9.17) is 5.73 Å². The van der Waals surface area contributed by atoms with Gasteiger partial charge in [-0.25, -0.2) is 4.39 Å². The number of halogens is 1. The second-order valence-corrected chi connectivity index (χ2v) is 5.37. The van der Waals surface area contributed by atoms with Crippen molar-refractivity contribution in [2.45, 2.75) is 44.3 Å². The summed E-state index contributed by atoms with van der Waals surface area (Å²) in [6, 6.07) is 6.63. The minimum absolute atomic E-state index is 0.127. The van der Waals surface area contributed by atoms with Crippen LogP contribution >= 0.6 is 0 Å². The summed E-state index contributed by atoms with van der Waals surface area (Å²) >= 11 is 0. The molecule has 0 aromatic heterocycles. The van der Waals surface area contributed by atoms with Crippen molar-refractivity contribution in [3.8, 4) is 0 Å². The van der Waals surface area contributed by atoms with Gasteiger partial charge in [0.1, 0.15) is 5.82 Å². The van der Waals surface area contributed by atoms with E-state index in [0.29, 0.717) is 6.04 Å². The molecule has 2 N–H and O–H groups in total. The molecule has 2 aliphatic rings. The summed E-state index contributed by atoms with van der Waals surface area (Å²) in [5, 5.41) is 0. The van der Waals surface area contributed by atoms with Gasteiger partial charge in [0, 0.05) is 18.6 Å². The smallest absolute Gasteiger partial charge is 0.126 e. The molecule has 1 aliphatic carbocycles. The van der Waals surface area contributed by atoms with E-state index >= 15 is 0 Å². The lowest BCUT2D eigenvalue weighted by Gasteiger charge is -2.27. The van der Waals surface area contributed by atoms with Gasteiger partial charge in [-0.15, -0.1) is 0 Å². The first kappa shape index (κ1) is 11.2. The lowest BCUT2D eigenvalue weighted by Crippen LogP contribution is -2.33. The Labute approximate surface area is 102 Å².